The Morgan fingerprint density at radius 3 is 1.69 bits per heavy atom. The van der Waals surface area contributed by atoms with Gasteiger partial charge in [0.15, 0.2) is 6.10 Å². The third-order valence-electron chi connectivity index (χ3n) is 10.1. The molecular weight excluding hydrogens is 790 g/mol. The van der Waals surface area contributed by atoms with Crippen LogP contribution in [0.3, 0.4) is 0 Å². The summed E-state index contributed by atoms with van der Waals surface area (Å²) in [7, 11) is 1.37. The summed E-state index contributed by atoms with van der Waals surface area (Å²) in [4.78, 5) is 35.5. The number of unbranched alkanes of at least 4 members (excludes halogenated alkanes) is 18. The highest BCUT2D eigenvalue weighted by Crippen LogP contribution is 2.43. The second-order valence-corrected chi connectivity index (χ2v) is 18.8. The Bertz CT molecular complexity index is 1240. The maximum absolute atomic E-state index is 12.7. The molecule has 0 aromatic rings. The second-order valence-electron chi connectivity index (χ2n) is 17.3. The van der Waals surface area contributed by atoms with Crippen LogP contribution in [0.4, 0.5) is 0 Å². The standard InChI is InChI=1S/C50H90NO9P/c1-6-8-10-12-14-16-18-20-21-22-23-24-25-27-29-31-33-35-37-41-50(54)60-48(46-59-61(55,56)58-44-43-51(3,4)5)45-57-49(53)42-38-40-47(52)39-36-34-32-30-28-26-19-17-15-13-11-9-7-2/h15,17,20-21,26,28,32,34,36,39,47-48,52H,6-14,16,18-19,22-25,27,29-31,33,35,37-38,40-46H2,1-5H3/p+1/b17-15-,21-20-,28-26-,34-32-,39-36+/t47-,48-/m1/s1. The first-order chi connectivity index (χ1) is 29.4. The molecule has 0 spiro atoms. The zero-order valence-electron chi connectivity index (χ0n) is 39.5. The second kappa shape index (κ2) is 41.7. The molecule has 0 aliphatic carbocycles. The van der Waals surface area contributed by atoms with Crippen molar-refractivity contribution in [2.24, 2.45) is 0 Å². The number of allylic oxidation sites excluding steroid dienone is 9. The lowest BCUT2D eigenvalue weighted by Gasteiger charge is -2.24. The first-order valence-corrected chi connectivity index (χ1v) is 25.6. The Morgan fingerprint density at radius 1 is 0.590 bits per heavy atom. The van der Waals surface area contributed by atoms with Crippen LogP contribution in [0.2, 0.25) is 0 Å². The van der Waals surface area contributed by atoms with Gasteiger partial charge in [-0.05, 0) is 70.6 Å². The molecule has 0 rings (SSSR count). The molecule has 0 aliphatic rings. The molecular formula is C50H91NO9P+. The number of ether oxygens (including phenoxy) is 2. The molecule has 0 saturated heterocycles. The van der Waals surface area contributed by atoms with Crippen LogP contribution < -0.4 is 0 Å². The van der Waals surface area contributed by atoms with Crippen LogP contribution in [0, 0.1) is 0 Å². The molecule has 61 heavy (non-hydrogen) atoms. The molecule has 0 fully saturated rings. The molecule has 2 N–H and O–H groups in total. The van der Waals surface area contributed by atoms with Gasteiger partial charge in [0.1, 0.15) is 19.8 Å². The minimum Gasteiger partial charge on any atom is -0.462 e. The van der Waals surface area contributed by atoms with Crippen molar-refractivity contribution in [1.29, 1.82) is 0 Å². The summed E-state index contributed by atoms with van der Waals surface area (Å²) in [6.07, 6.45) is 47.3. The van der Waals surface area contributed by atoms with Gasteiger partial charge in [-0.3, -0.25) is 18.6 Å². The van der Waals surface area contributed by atoms with Crippen molar-refractivity contribution in [3.63, 3.8) is 0 Å². The maximum Gasteiger partial charge on any atom is 0.472 e. The highest BCUT2D eigenvalue weighted by atomic mass is 31.2. The van der Waals surface area contributed by atoms with Crippen LogP contribution in [0.5, 0.6) is 0 Å². The lowest BCUT2D eigenvalue weighted by molar-refractivity contribution is -0.870. The van der Waals surface area contributed by atoms with Crippen molar-refractivity contribution < 1.29 is 47.2 Å². The Hall–Kier alpha value is -2.33. The molecule has 3 atom stereocenters. The molecule has 0 saturated carbocycles. The Balaban J connectivity index is 4.48. The normalized spacial score (nSPS) is 14.5. The van der Waals surface area contributed by atoms with Crippen molar-refractivity contribution in [2.75, 3.05) is 47.5 Å². The fourth-order valence-corrected chi connectivity index (χ4v) is 7.03. The lowest BCUT2D eigenvalue weighted by Crippen LogP contribution is -2.37. The summed E-state index contributed by atoms with van der Waals surface area (Å²) in [6, 6.07) is 0. The number of nitrogens with zero attached hydrogens (tertiary/aromatic N) is 1. The van der Waals surface area contributed by atoms with E-state index in [-0.39, 0.29) is 26.1 Å². The van der Waals surface area contributed by atoms with E-state index in [4.69, 9.17) is 18.5 Å². The zero-order chi connectivity index (χ0) is 45.1. The van der Waals surface area contributed by atoms with Gasteiger partial charge in [-0.15, -0.1) is 0 Å². The zero-order valence-corrected chi connectivity index (χ0v) is 40.4. The molecule has 10 nitrogen and oxygen atoms in total. The van der Waals surface area contributed by atoms with Crippen molar-refractivity contribution in [1.82, 2.24) is 0 Å². The van der Waals surface area contributed by atoms with Crippen molar-refractivity contribution >= 4 is 19.8 Å². The van der Waals surface area contributed by atoms with Gasteiger partial charge in [0.05, 0.1) is 33.9 Å². The molecule has 11 heteroatoms. The van der Waals surface area contributed by atoms with Crippen molar-refractivity contribution in [3.05, 3.63) is 60.8 Å². The number of aliphatic hydroxyl groups is 1. The van der Waals surface area contributed by atoms with Gasteiger partial charge in [-0.25, -0.2) is 4.57 Å². The third-order valence-corrected chi connectivity index (χ3v) is 11.1. The fourth-order valence-electron chi connectivity index (χ4n) is 6.29. The number of likely N-dealkylation sites (N-methyl/N-ethyl adjacent to an activating group) is 1. The average molecular weight is 881 g/mol. The number of phosphoric acid groups is 1. The summed E-state index contributed by atoms with van der Waals surface area (Å²) in [5.74, 6) is -1.00. The van der Waals surface area contributed by atoms with Gasteiger partial charge < -0.3 is 24.0 Å². The van der Waals surface area contributed by atoms with Gasteiger partial charge >= 0.3 is 19.8 Å². The van der Waals surface area contributed by atoms with Crippen LogP contribution in [-0.2, 0) is 32.7 Å². The maximum atomic E-state index is 12.7. The number of rotatable bonds is 43. The largest absolute Gasteiger partial charge is 0.472 e. The molecule has 0 aliphatic heterocycles. The Kier molecular flexibility index (Phi) is 40.1. The topological polar surface area (TPSA) is 129 Å². The van der Waals surface area contributed by atoms with E-state index in [2.05, 4.69) is 50.3 Å². The van der Waals surface area contributed by atoms with E-state index >= 15 is 0 Å². The van der Waals surface area contributed by atoms with Crippen LogP contribution >= 0.6 is 7.82 Å². The molecule has 0 aromatic heterocycles. The summed E-state index contributed by atoms with van der Waals surface area (Å²) < 4.78 is 34.2. The Morgan fingerprint density at radius 2 is 1.08 bits per heavy atom. The third kappa shape index (κ3) is 45.5. The summed E-state index contributed by atoms with van der Waals surface area (Å²) in [5.41, 5.74) is 0. The lowest BCUT2D eigenvalue weighted by atomic mass is 10.1. The minimum atomic E-state index is -4.43. The quantitative estimate of drug-likeness (QED) is 0.0154. The summed E-state index contributed by atoms with van der Waals surface area (Å²) in [6.45, 7) is 4.17. The van der Waals surface area contributed by atoms with E-state index in [0.29, 0.717) is 30.3 Å². The number of esters is 2. The number of carbonyl (C=O) groups is 2. The summed E-state index contributed by atoms with van der Waals surface area (Å²) in [5, 5.41) is 10.3. The number of aliphatic hydroxyl groups excluding tert-OH is 1. The Labute approximate surface area is 373 Å². The van der Waals surface area contributed by atoms with E-state index in [9.17, 15) is 24.2 Å². The highest BCUT2D eigenvalue weighted by molar-refractivity contribution is 7.47. The molecule has 0 heterocycles. The van der Waals surface area contributed by atoms with Gasteiger partial charge in [0, 0.05) is 12.8 Å². The molecule has 0 amide bonds. The van der Waals surface area contributed by atoms with Crippen LogP contribution in [-0.4, -0.2) is 86.1 Å². The van der Waals surface area contributed by atoms with E-state index < -0.39 is 38.6 Å². The van der Waals surface area contributed by atoms with Gasteiger partial charge in [0.2, 0.25) is 0 Å². The van der Waals surface area contributed by atoms with Gasteiger partial charge in [-0.2, -0.15) is 0 Å². The molecule has 354 valence electrons. The number of hydrogen-bond donors (Lipinski definition) is 2. The van der Waals surface area contributed by atoms with Crippen molar-refractivity contribution in [3.8, 4) is 0 Å². The SMILES string of the molecule is CCCCC/C=C\C/C=C\C/C=C\C=C\[C@@H](O)CCCC(=O)OC[C@H](COP(=O)(O)OCC[N+](C)(C)C)OC(=O)CCCCCCCCCCC/C=C\CCCCCCCC. The van der Waals surface area contributed by atoms with Gasteiger partial charge in [0.25, 0.3) is 0 Å². The number of carbonyl (C=O) groups excluding carboxylic acids is 2. The number of phosphoric ester groups is 1. The predicted molar refractivity (Wildman–Crippen MR) is 253 cm³/mol. The first kappa shape index (κ1) is 58.7. The molecule has 0 radical (unpaired) electrons. The fraction of sp³-hybridized carbons (Fsp3) is 0.760. The van der Waals surface area contributed by atoms with Crippen molar-refractivity contribution in [2.45, 2.75) is 199 Å². The van der Waals surface area contributed by atoms with Crippen LogP contribution in [0.25, 0.3) is 0 Å². The monoisotopic (exact) mass is 881 g/mol. The van der Waals surface area contributed by atoms with E-state index in [1.807, 2.05) is 33.3 Å². The smallest absolute Gasteiger partial charge is 0.462 e. The van der Waals surface area contributed by atoms with E-state index in [1.54, 1.807) is 12.2 Å². The first-order valence-electron chi connectivity index (χ1n) is 24.1. The van der Waals surface area contributed by atoms with E-state index in [0.717, 1.165) is 38.5 Å². The molecule has 0 bridgehead atoms. The van der Waals surface area contributed by atoms with Gasteiger partial charge in [-0.1, -0.05) is 164 Å². The molecule has 1 unspecified atom stereocenters. The number of hydrogen-bond acceptors (Lipinski definition) is 8. The van der Waals surface area contributed by atoms with Crippen LogP contribution in [0.1, 0.15) is 187 Å². The number of quaternary nitrogens is 1. The predicted octanol–water partition coefficient (Wildman–Crippen LogP) is 13.0. The summed E-state index contributed by atoms with van der Waals surface area (Å²) >= 11 is 0. The van der Waals surface area contributed by atoms with Crippen LogP contribution in [0.15, 0.2) is 60.8 Å². The molecule has 0 aromatic carbocycles. The highest BCUT2D eigenvalue weighted by Gasteiger charge is 2.27. The minimum absolute atomic E-state index is 0.000248. The van der Waals surface area contributed by atoms with E-state index in [1.165, 1.54) is 103 Å². The average Bonchev–Trinajstić information content (AvgIpc) is 3.21.